The third-order valence-corrected chi connectivity index (χ3v) is 5.43. The second-order valence-electron chi connectivity index (χ2n) is 7.10. The molecule has 2 N–H and O–H groups in total. The van der Waals surface area contributed by atoms with Gasteiger partial charge in [-0.05, 0) is 43.7 Å². The number of likely N-dealkylation sites (tertiary alicyclic amines) is 1. The number of fused-ring (bicyclic) bond motifs is 1. The first-order valence-corrected chi connectivity index (χ1v) is 8.94. The first-order chi connectivity index (χ1) is 11.7. The van der Waals surface area contributed by atoms with Crippen molar-refractivity contribution < 1.29 is 14.6 Å². The minimum Gasteiger partial charge on any atom is -0.396 e. The summed E-state index contributed by atoms with van der Waals surface area (Å²) < 4.78 is 5.20. The van der Waals surface area contributed by atoms with Crippen LogP contribution in [0.5, 0.6) is 0 Å². The second kappa shape index (κ2) is 7.53. The number of hydrogen-bond donors (Lipinski definition) is 2. The lowest BCUT2D eigenvalue weighted by Crippen LogP contribution is -2.48. The summed E-state index contributed by atoms with van der Waals surface area (Å²) in [6.07, 6.45) is 4.80. The molecule has 5 nitrogen and oxygen atoms in total. The van der Waals surface area contributed by atoms with Crippen LogP contribution in [-0.4, -0.2) is 55.9 Å². The number of piperidine rings is 1. The van der Waals surface area contributed by atoms with Gasteiger partial charge in [0.2, 0.25) is 0 Å². The molecule has 2 aliphatic rings. The Morgan fingerprint density at radius 2 is 2.29 bits per heavy atom. The Morgan fingerprint density at radius 1 is 1.42 bits per heavy atom. The minimum atomic E-state index is -0.230. The first-order valence-electron chi connectivity index (χ1n) is 8.94. The molecule has 1 amide bonds. The number of ether oxygens (including phenoxy) is 1. The highest BCUT2D eigenvalue weighted by Gasteiger charge is 2.37. The van der Waals surface area contributed by atoms with Crippen molar-refractivity contribution in [1.29, 1.82) is 0 Å². The highest BCUT2D eigenvalue weighted by atomic mass is 16.5. The summed E-state index contributed by atoms with van der Waals surface area (Å²) in [5, 5.41) is 13.3. The van der Waals surface area contributed by atoms with Crippen LogP contribution in [0.1, 0.15) is 41.6 Å². The van der Waals surface area contributed by atoms with Gasteiger partial charge in [0.15, 0.2) is 0 Å². The molecule has 3 rings (SSSR count). The molecule has 0 aromatic heterocycles. The van der Waals surface area contributed by atoms with Gasteiger partial charge >= 0.3 is 0 Å². The maximum absolute atomic E-state index is 13.1. The lowest BCUT2D eigenvalue weighted by atomic mass is 9.78. The lowest BCUT2D eigenvalue weighted by Gasteiger charge is -2.42. The van der Waals surface area contributed by atoms with Crippen LogP contribution in [0.15, 0.2) is 18.2 Å². The standard InChI is InChI=1S/C19H28N2O3/c1-24-12-9-19(14-22)8-4-11-21(13-19)18(23)16-7-2-5-15-6-3-10-20-17(15)16/h2,5,7,20,22H,3-4,6,8-14H2,1H3/t19-/m1/s1. The largest absolute Gasteiger partial charge is 0.396 e. The SMILES string of the molecule is COCC[C@]1(CO)CCCN(C(=O)c2cccc3c2NCCC3)C1. The van der Waals surface area contributed by atoms with Crippen molar-refractivity contribution in [3.05, 3.63) is 29.3 Å². The van der Waals surface area contributed by atoms with E-state index in [1.165, 1.54) is 5.56 Å². The summed E-state index contributed by atoms with van der Waals surface area (Å²) in [6.45, 7) is 3.01. The fourth-order valence-corrected chi connectivity index (χ4v) is 3.97. The highest BCUT2D eigenvalue weighted by Crippen LogP contribution is 2.35. The van der Waals surface area contributed by atoms with Gasteiger partial charge in [0.05, 0.1) is 17.9 Å². The van der Waals surface area contributed by atoms with Crippen LogP contribution in [0.25, 0.3) is 0 Å². The quantitative estimate of drug-likeness (QED) is 0.868. The number of nitrogens with one attached hydrogen (secondary N) is 1. The van der Waals surface area contributed by atoms with Crippen molar-refractivity contribution in [2.45, 2.75) is 32.1 Å². The molecule has 5 heteroatoms. The van der Waals surface area contributed by atoms with Gasteiger partial charge in [-0.15, -0.1) is 0 Å². The molecule has 132 valence electrons. The van der Waals surface area contributed by atoms with Crippen LogP contribution >= 0.6 is 0 Å². The molecule has 24 heavy (non-hydrogen) atoms. The smallest absolute Gasteiger partial charge is 0.255 e. The van der Waals surface area contributed by atoms with E-state index in [9.17, 15) is 9.90 Å². The predicted octanol–water partition coefficient (Wildman–Crippen LogP) is 2.30. The molecule has 2 aliphatic heterocycles. The Bertz CT molecular complexity index is 590. The van der Waals surface area contributed by atoms with Gasteiger partial charge in [0.25, 0.3) is 5.91 Å². The van der Waals surface area contributed by atoms with E-state index in [2.05, 4.69) is 11.4 Å². The van der Waals surface area contributed by atoms with Crippen molar-refractivity contribution in [2.24, 2.45) is 5.41 Å². The van der Waals surface area contributed by atoms with E-state index >= 15 is 0 Å². The minimum absolute atomic E-state index is 0.0798. The second-order valence-corrected chi connectivity index (χ2v) is 7.10. The summed E-state index contributed by atoms with van der Waals surface area (Å²) in [5.41, 5.74) is 2.78. The third-order valence-electron chi connectivity index (χ3n) is 5.43. The number of anilines is 1. The zero-order chi connectivity index (χ0) is 17.0. The Morgan fingerprint density at radius 3 is 3.08 bits per heavy atom. The Labute approximate surface area is 144 Å². The molecular weight excluding hydrogens is 304 g/mol. The van der Waals surface area contributed by atoms with Crippen molar-refractivity contribution in [2.75, 3.05) is 45.3 Å². The predicted molar refractivity (Wildman–Crippen MR) is 94.4 cm³/mol. The fraction of sp³-hybridized carbons (Fsp3) is 0.632. The van der Waals surface area contributed by atoms with Gasteiger partial charge in [-0.2, -0.15) is 0 Å². The number of carbonyl (C=O) groups excluding carboxylic acids is 1. The van der Waals surface area contributed by atoms with E-state index in [0.29, 0.717) is 13.2 Å². The fourth-order valence-electron chi connectivity index (χ4n) is 3.97. The number of methoxy groups -OCH3 is 1. The van der Waals surface area contributed by atoms with Crippen LogP contribution in [0.3, 0.4) is 0 Å². The average Bonchev–Trinajstić information content (AvgIpc) is 2.65. The molecule has 1 saturated heterocycles. The number of nitrogens with zero attached hydrogens (tertiary/aromatic N) is 1. The molecule has 1 fully saturated rings. The van der Waals surface area contributed by atoms with E-state index in [4.69, 9.17) is 4.74 Å². The van der Waals surface area contributed by atoms with Crippen LogP contribution < -0.4 is 5.32 Å². The lowest BCUT2D eigenvalue weighted by molar-refractivity contribution is 0.00902. The number of amides is 1. The average molecular weight is 332 g/mol. The van der Waals surface area contributed by atoms with E-state index in [-0.39, 0.29) is 17.9 Å². The molecule has 1 aromatic carbocycles. The molecule has 0 unspecified atom stereocenters. The van der Waals surface area contributed by atoms with Crippen LogP contribution in [0, 0.1) is 5.41 Å². The Balaban J connectivity index is 1.80. The molecule has 0 spiro atoms. The van der Waals surface area contributed by atoms with Gasteiger partial charge in [0.1, 0.15) is 0 Å². The number of benzene rings is 1. The molecule has 1 atom stereocenters. The molecule has 0 aliphatic carbocycles. The molecule has 0 bridgehead atoms. The molecule has 1 aromatic rings. The van der Waals surface area contributed by atoms with E-state index in [1.54, 1.807) is 7.11 Å². The maximum Gasteiger partial charge on any atom is 0.255 e. The van der Waals surface area contributed by atoms with Gasteiger partial charge in [-0.3, -0.25) is 4.79 Å². The zero-order valence-corrected chi connectivity index (χ0v) is 14.5. The van der Waals surface area contributed by atoms with Crippen LogP contribution in [0.2, 0.25) is 0 Å². The molecular formula is C19H28N2O3. The van der Waals surface area contributed by atoms with E-state index in [0.717, 1.165) is 56.4 Å². The number of aliphatic hydroxyl groups excluding tert-OH is 1. The van der Waals surface area contributed by atoms with E-state index < -0.39 is 0 Å². The van der Waals surface area contributed by atoms with Crippen LogP contribution in [0.4, 0.5) is 5.69 Å². The van der Waals surface area contributed by atoms with Gasteiger partial charge in [0, 0.05) is 38.8 Å². The topological polar surface area (TPSA) is 61.8 Å². The zero-order valence-electron chi connectivity index (χ0n) is 14.5. The maximum atomic E-state index is 13.1. The third kappa shape index (κ3) is 3.42. The van der Waals surface area contributed by atoms with Gasteiger partial charge < -0.3 is 20.1 Å². The number of carbonyl (C=O) groups is 1. The van der Waals surface area contributed by atoms with Crippen molar-refractivity contribution in [3.63, 3.8) is 0 Å². The van der Waals surface area contributed by atoms with Crippen molar-refractivity contribution in [1.82, 2.24) is 4.90 Å². The monoisotopic (exact) mass is 332 g/mol. The summed E-state index contributed by atoms with van der Waals surface area (Å²) in [5.74, 6) is 0.0798. The number of aryl methyl sites for hydroxylation is 1. The summed E-state index contributed by atoms with van der Waals surface area (Å²) in [4.78, 5) is 15.0. The first kappa shape index (κ1) is 17.2. The van der Waals surface area contributed by atoms with E-state index in [1.807, 2.05) is 17.0 Å². The number of aliphatic hydroxyl groups is 1. The van der Waals surface area contributed by atoms with Crippen LogP contribution in [-0.2, 0) is 11.2 Å². The molecule has 0 saturated carbocycles. The van der Waals surface area contributed by atoms with Gasteiger partial charge in [-0.1, -0.05) is 12.1 Å². The number of hydrogen-bond acceptors (Lipinski definition) is 4. The highest BCUT2D eigenvalue weighted by molar-refractivity contribution is 6.00. The van der Waals surface area contributed by atoms with Gasteiger partial charge in [-0.25, -0.2) is 0 Å². The number of para-hydroxylation sites is 1. The molecule has 0 radical (unpaired) electrons. The summed E-state index contributed by atoms with van der Waals surface area (Å²) in [6, 6.07) is 6.00. The number of rotatable bonds is 5. The van der Waals surface area contributed by atoms with Crippen molar-refractivity contribution in [3.8, 4) is 0 Å². The Kier molecular flexibility index (Phi) is 5.41. The molecule has 2 heterocycles. The summed E-state index contributed by atoms with van der Waals surface area (Å²) >= 11 is 0. The Hall–Kier alpha value is -1.59. The summed E-state index contributed by atoms with van der Waals surface area (Å²) in [7, 11) is 1.68. The van der Waals surface area contributed by atoms with Crippen molar-refractivity contribution >= 4 is 11.6 Å². The normalized spacial score (nSPS) is 23.5.